The van der Waals surface area contributed by atoms with Crippen LogP contribution in [0.5, 0.6) is 23.0 Å². The summed E-state index contributed by atoms with van der Waals surface area (Å²) in [5.41, 5.74) is 1.81. The van der Waals surface area contributed by atoms with Crippen LogP contribution in [0.1, 0.15) is 11.3 Å². The number of benzene rings is 2. The van der Waals surface area contributed by atoms with Gasteiger partial charge in [-0.05, 0) is 41.8 Å². The summed E-state index contributed by atoms with van der Waals surface area (Å²) in [6.07, 6.45) is 2.30. The van der Waals surface area contributed by atoms with Gasteiger partial charge in [0.25, 0.3) is 0 Å². The van der Waals surface area contributed by atoms with Crippen LogP contribution >= 0.6 is 0 Å². The highest BCUT2D eigenvalue weighted by molar-refractivity contribution is 5.88. The standard InChI is InChI=1S/C21H22FNO4/c1-24-16-4-5-19(25-2)15(10-16)11-18-17-13-21(27-9-7-22)20(26-3)12-14(17)6-8-23-18/h4-6,8,10,12-13H,7,9,11H2,1-3H3. The smallest absolute Gasteiger partial charge is 0.161 e. The maximum Gasteiger partial charge on any atom is 0.161 e. The number of aromatic nitrogens is 1. The predicted octanol–water partition coefficient (Wildman–Crippen LogP) is 4.20. The average molecular weight is 371 g/mol. The first-order chi connectivity index (χ1) is 13.2. The minimum Gasteiger partial charge on any atom is -0.497 e. The van der Waals surface area contributed by atoms with Gasteiger partial charge in [0.15, 0.2) is 11.5 Å². The van der Waals surface area contributed by atoms with E-state index in [2.05, 4.69) is 4.98 Å². The summed E-state index contributed by atoms with van der Waals surface area (Å²) in [7, 11) is 4.82. The molecule has 0 unspecified atom stereocenters. The van der Waals surface area contributed by atoms with Crippen molar-refractivity contribution in [3.63, 3.8) is 0 Å². The number of nitrogens with zero attached hydrogens (tertiary/aromatic N) is 1. The Bertz CT molecular complexity index is 929. The lowest BCUT2D eigenvalue weighted by Crippen LogP contribution is -2.02. The van der Waals surface area contributed by atoms with Crippen molar-refractivity contribution in [3.05, 3.63) is 53.9 Å². The van der Waals surface area contributed by atoms with Gasteiger partial charge in [-0.3, -0.25) is 4.98 Å². The minimum absolute atomic E-state index is 0.0266. The third kappa shape index (κ3) is 4.05. The Balaban J connectivity index is 2.06. The van der Waals surface area contributed by atoms with Gasteiger partial charge in [0.2, 0.25) is 0 Å². The Kier molecular flexibility index (Phi) is 5.96. The fraction of sp³-hybridized carbons (Fsp3) is 0.286. The molecule has 6 heteroatoms. The minimum atomic E-state index is -0.567. The van der Waals surface area contributed by atoms with Crippen molar-refractivity contribution >= 4 is 10.8 Å². The normalized spacial score (nSPS) is 10.7. The third-order valence-electron chi connectivity index (χ3n) is 4.31. The second kappa shape index (κ2) is 8.58. The molecule has 1 aromatic heterocycles. The van der Waals surface area contributed by atoms with E-state index in [1.54, 1.807) is 27.5 Å². The molecule has 27 heavy (non-hydrogen) atoms. The topological polar surface area (TPSA) is 49.8 Å². The molecule has 142 valence electrons. The van der Waals surface area contributed by atoms with Crippen LogP contribution in [-0.2, 0) is 6.42 Å². The van der Waals surface area contributed by atoms with Crippen molar-refractivity contribution in [1.82, 2.24) is 4.98 Å². The first-order valence-corrected chi connectivity index (χ1v) is 8.55. The third-order valence-corrected chi connectivity index (χ3v) is 4.31. The van der Waals surface area contributed by atoms with Crippen molar-refractivity contribution in [2.45, 2.75) is 6.42 Å². The number of halogens is 1. The molecule has 3 rings (SSSR count). The van der Waals surface area contributed by atoms with E-state index in [0.29, 0.717) is 17.9 Å². The Morgan fingerprint density at radius 3 is 2.41 bits per heavy atom. The lowest BCUT2D eigenvalue weighted by molar-refractivity contribution is 0.260. The number of pyridine rings is 1. The van der Waals surface area contributed by atoms with Crippen LogP contribution in [0, 0.1) is 0 Å². The molecule has 0 bridgehead atoms. The number of ether oxygens (including phenoxy) is 4. The quantitative estimate of drug-likeness (QED) is 0.594. The Morgan fingerprint density at radius 1 is 0.889 bits per heavy atom. The number of methoxy groups -OCH3 is 3. The molecule has 0 amide bonds. The highest BCUT2D eigenvalue weighted by atomic mass is 19.1. The largest absolute Gasteiger partial charge is 0.497 e. The number of hydrogen-bond donors (Lipinski definition) is 0. The van der Waals surface area contributed by atoms with Gasteiger partial charge >= 0.3 is 0 Å². The summed E-state index contributed by atoms with van der Waals surface area (Å²) in [5, 5.41) is 1.88. The van der Waals surface area contributed by atoms with Crippen LogP contribution in [0.4, 0.5) is 4.39 Å². The van der Waals surface area contributed by atoms with Crippen LogP contribution < -0.4 is 18.9 Å². The molecule has 0 aliphatic heterocycles. The number of fused-ring (bicyclic) bond motifs is 1. The van der Waals surface area contributed by atoms with Gasteiger partial charge in [-0.1, -0.05) is 0 Å². The lowest BCUT2D eigenvalue weighted by atomic mass is 10.0. The van der Waals surface area contributed by atoms with Gasteiger partial charge in [-0.25, -0.2) is 4.39 Å². The van der Waals surface area contributed by atoms with Gasteiger partial charge in [0.1, 0.15) is 24.8 Å². The van der Waals surface area contributed by atoms with Gasteiger partial charge < -0.3 is 18.9 Å². The van der Waals surface area contributed by atoms with E-state index in [0.717, 1.165) is 33.5 Å². The summed E-state index contributed by atoms with van der Waals surface area (Å²) in [6, 6.07) is 11.3. The lowest BCUT2D eigenvalue weighted by Gasteiger charge is -2.14. The summed E-state index contributed by atoms with van der Waals surface area (Å²) in [6.45, 7) is -0.594. The zero-order valence-corrected chi connectivity index (χ0v) is 15.6. The molecule has 0 aliphatic carbocycles. The van der Waals surface area contributed by atoms with E-state index in [1.165, 1.54) is 0 Å². The van der Waals surface area contributed by atoms with Crippen LogP contribution in [0.25, 0.3) is 10.8 Å². The van der Waals surface area contributed by atoms with Crippen molar-refractivity contribution in [2.24, 2.45) is 0 Å². The number of alkyl halides is 1. The van der Waals surface area contributed by atoms with Crippen molar-refractivity contribution < 1.29 is 23.3 Å². The van der Waals surface area contributed by atoms with Crippen molar-refractivity contribution in [2.75, 3.05) is 34.6 Å². The van der Waals surface area contributed by atoms with E-state index in [1.807, 2.05) is 36.4 Å². The van der Waals surface area contributed by atoms with Crippen molar-refractivity contribution in [1.29, 1.82) is 0 Å². The zero-order valence-electron chi connectivity index (χ0n) is 15.6. The summed E-state index contributed by atoms with van der Waals surface area (Å²) >= 11 is 0. The first-order valence-electron chi connectivity index (χ1n) is 8.55. The van der Waals surface area contributed by atoms with E-state index in [9.17, 15) is 4.39 Å². The number of hydrogen-bond acceptors (Lipinski definition) is 5. The molecule has 0 atom stereocenters. The second-order valence-electron chi connectivity index (χ2n) is 5.87. The van der Waals surface area contributed by atoms with Crippen molar-refractivity contribution in [3.8, 4) is 23.0 Å². The monoisotopic (exact) mass is 371 g/mol. The van der Waals surface area contributed by atoms with E-state index in [4.69, 9.17) is 18.9 Å². The maximum atomic E-state index is 12.5. The SMILES string of the molecule is COc1ccc(OC)c(Cc2nccc3cc(OC)c(OCCF)cc23)c1. The molecule has 0 aliphatic rings. The van der Waals surface area contributed by atoms with E-state index in [-0.39, 0.29) is 6.61 Å². The Morgan fingerprint density at radius 2 is 1.70 bits per heavy atom. The summed E-state index contributed by atoms with van der Waals surface area (Å²) < 4.78 is 34.2. The van der Waals surface area contributed by atoms with Gasteiger partial charge in [0, 0.05) is 23.6 Å². The van der Waals surface area contributed by atoms with Gasteiger partial charge in [-0.15, -0.1) is 0 Å². The summed E-state index contributed by atoms with van der Waals surface area (Å²) in [5.74, 6) is 2.57. The Labute approximate surface area is 157 Å². The second-order valence-corrected chi connectivity index (χ2v) is 5.87. The van der Waals surface area contributed by atoms with E-state index >= 15 is 0 Å². The van der Waals surface area contributed by atoms with Crippen LogP contribution in [-0.4, -0.2) is 39.6 Å². The molecule has 2 aromatic carbocycles. The highest BCUT2D eigenvalue weighted by Crippen LogP contribution is 2.35. The van der Waals surface area contributed by atoms with Gasteiger partial charge in [0.05, 0.1) is 27.0 Å². The molecule has 3 aromatic rings. The predicted molar refractivity (Wildman–Crippen MR) is 102 cm³/mol. The molecule has 0 saturated heterocycles. The first kappa shape index (κ1) is 18.8. The highest BCUT2D eigenvalue weighted by Gasteiger charge is 2.13. The molecule has 0 N–H and O–H groups in total. The van der Waals surface area contributed by atoms with Crippen LogP contribution in [0.3, 0.4) is 0 Å². The molecule has 0 radical (unpaired) electrons. The molecule has 5 nitrogen and oxygen atoms in total. The number of rotatable bonds is 8. The fourth-order valence-corrected chi connectivity index (χ4v) is 3.00. The average Bonchev–Trinajstić information content (AvgIpc) is 2.71. The molecule has 0 saturated carbocycles. The molecule has 1 heterocycles. The zero-order chi connectivity index (χ0) is 19.2. The molecule has 0 fully saturated rings. The molecule has 0 spiro atoms. The van der Waals surface area contributed by atoms with Crippen LogP contribution in [0.15, 0.2) is 42.6 Å². The molecular weight excluding hydrogens is 349 g/mol. The fourth-order valence-electron chi connectivity index (χ4n) is 3.00. The summed E-state index contributed by atoms with van der Waals surface area (Å²) in [4.78, 5) is 4.54. The van der Waals surface area contributed by atoms with Gasteiger partial charge in [-0.2, -0.15) is 0 Å². The van der Waals surface area contributed by atoms with E-state index < -0.39 is 6.67 Å². The Hall–Kier alpha value is -3.02. The van der Waals surface area contributed by atoms with Crippen LogP contribution in [0.2, 0.25) is 0 Å². The molecular formula is C21H22FNO4. The maximum absolute atomic E-state index is 12.5.